The molecule has 4 rings (SSSR count). The third kappa shape index (κ3) is 4.40. The van der Waals surface area contributed by atoms with Crippen molar-refractivity contribution in [1.82, 2.24) is 9.80 Å². The summed E-state index contributed by atoms with van der Waals surface area (Å²) >= 11 is 0. The molecule has 3 aromatic rings. The Morgan fingerprint density at radius 1 is 1.06 bits per heavy atom. The lowest BCUT2D eigenvalue weighted by molar-refractivity contribution is 0.0722. The van der Waals surface area contributed by atoms with Crippen LogP contribution in [0.5, 0.6) is 5.75 Å². The monoisotopic (exact) mass is 448 g/mol. The Morgan fingerprint density at radius 3 is 2.36 bits per heavy atom. The zero-order chi connectivity index (χ0) is 23.9. The molecular weight excluding hydrogens is 416 g/mol. The van der Waals surface area contributed by atoms with Crippen molar-refractivity contribution in [3.8, 4) is 5.75 Å². The van der Waals surface area contributed by atoms with E-state index in [1.807, 2.05) is 78.2 Å². The van der Waals surface area contributed by atoms with Gasteiger partial charge in [-0.15, -0.1) is 0 Å². The molecule has 0 saturated carbocycles. The Bertz CT molecular complexity index is 1240. The van der Waals surface area contributed by atoms with Gasteiger partial charge in [0, 0.05) is 6.54 Å². The van der Waals surface area contributed by atoms with E-state index in [1.54, 1.807) is 4.90 Å². The minimum atomic E-state index is -0.481. The SMILES string of the molecule is Cc1cc2oc3c(c(=O)c2cc1C)[C@@H](c1ccc(OC(C)C)cc1)N(CCCN(C)C)C3=O. The lowest BCUT2D eigenvalue weighted by Crippen LogP contribution is -2.32. The molecule has 6 heteroatoms. The van der Waals surface area contributed by atoms with Gasteiger partial charge >= 0.3 is 0 Å². The first kappa shape index (κ1) is 23.1. The summed E-state index contributed by atoms with van der Waals surface area (Å²) in [4.78, 5) is 31.0. The molecule has 0 unspecified atom stereocenters. The van der Waals surface area contributed by atoms with Crippen molar-refractivity contribution < 1.29 is 13.9 Å². The van der Waals surface area contributed by atoms with Gasteiger partial charge in [-0.25, -0.2) is 0 Å². The maximum atomic E-state index is 13.7. The first-order chi connectivity index (χ1) is 15.7. The van der Waals surface area contributed by atoms with Gasteiger partial charge < -0.3 is 19.0 Å². The molecule has 1 aliphatic heterocycles. The topological polar surface area (TPSA) is 63.0 Å². The van der Waals surface area contributed by atoms with Gasteiger partial charge in [0.25, 0.3) is 5.91 Å². The van der Waals surface area contributed by atoms with Gasteiger partial charge in [-0.1, -0.05) is 12.1 Å². The van der Waals surface area contributed by atoms with Crippen LogP contribution in [0.2, 0.25) is 0 Å². The number of amides is 1. The average molecular weight is 449 g/mol. The van der Waals surface area contributed by atoms with E-state index in [2.05, 4.69) is 4.90 Å². The van der Waals surface area contributed by atoms with Gasteiger partial charge in [0.1, 0.15) is 11.3 Å². The predicted molar refractivity (Wildman–Crippen MR) is 130 cm³/mol. The lowest BCUT2D eigenvalue weighted by Gasteiger charge is -2.26. The second kappa shape index (κ2) is 9.02. The molecular formula is C27H32N2O4. The van der Waals surface area contributed by atoms with Crippen molar-refractivity contribution >= 4 is 16.9 Å². The zero-order valence-electron chi connectivity index (χ0n) is 20.3. The number of benzene rings is 2. The molecule has 0 bridgehead atoms. The highest BCUT2D eigenvalue weighted by Gasteiger charge is 2.42. The number of carbonyl (C=O) groups excluding carboxylic acids is 1. The second-order valence-electron chi connectivity index (χ2n) is 9.40. The second-order valence-corrected chi connectivity index (χ2v) is 9.40. The highest BCUT2D eigenvalue weighted by molar-refractivity contribution is 5.99. The summed E-state index contributed by atoms with van der Waals surface area (Å²) in [5, 5.41) is 0.518. The molecule has 0 spiro atoms. The molecule has 1 aliphatic rings. The molecule has 0 saturated heterocycles. The molecule has 174 valence electrons. The van der Waals surface area contributed by atoms with E-state index in [0.717, 1.165) is 35.4 Å². The van der Waals surface area contributed by atoms with Crippen molar-refractivity contribution in [2.24, 2.45) is 0 Å². The number of aryl methyl sites for hydroxylation is 2. The van der Waals surface area contributed by atoms with Crippen molar-refractivity contribution in [1.29, 1.82) is 0 Å². The number of hydrogen-bond donors (Lipinski definition) is 0. The van der Waals surface area contributed by atoms with Crippen molar-refractivity contribution in [2.75, 3.05) is 27.2 Å². The maximum Gasteiger partial charge on any atom is 0.290 e. The van der Waals surface area contributed by atoms with E-state index in [4.69, 9.17) is 9.15 Å². The minimum absolute atomic E-state index is 0.0669. The first-order valence-electron chi connectivity index (χ1n) is 11.5. The Balaban J connectivity index is 1.84. The Hall–Kier alpha value is -3.12. The van der Waals surface area contributed by atoms with Crippen LogP contribution in [0.15, 0.2) is 45.6 Å². The Kier molecular flexibility index (Phi) is 6.30. The van der Waals surface area contributed by atoms with Gasteiger partial charge in [0.15, 0.2) is 5.43 Å². The number of hydrogen-bond acceptors (Lipinski definition) is 5. The molecule has 1 atom stereocenters. The molecule has 0 fully saturated rings. The molecule has 0 aliphatic carbocycles. The van der Waals surface area contributed by atoms with Crippen LogP contribution >= 0.6 is 0 Å². The smallest absolute Gasteiger partial charge is 0.290 e. The van der Waals surface area contributed by atoms with Crippen LogP contribution < -0.4 is 10.2 Å². The quantitative estimate of drug-likeness (QED) is 0.525. The van der Waals surface area contributed by atoms with Crippen molar-refractivity contribution in [3.63, 3.8) is 0 Å². The van der Waals surface area contributed by atoms with E-state index < -0.39 is 6.04 Å². The molecule has 0 radical (unpaired) electrons. The van der Waals surface area contributed by atoms with E-state index >= 15 is 0 Å². The van der Waals surface area contributed by atoms with Crippen molar-refractivity contribution in [2.45, 2.75) is 46.3 Å². The van der Waals surface area contributed by atoms with Crippen LogP contribution in [0.1, 0.15) is 59.1 Å². The van der Waals surface area contributed by atoms with E-state index in [9.17, 15) is 9.59 Å². The normalized spacial score (nSPS) is 15.7. The average Bonchev–Trinajstić information content (AvgIpc) is 3.02. The number of nitrogens with zero attached hydrogens (tertiary/aromatic N) is 2. The van der Waals surface area contributed by atoms with Gasteiger partial charge in [-0.05, 0) is 95.7 Å². The summed E-state index contributed by atoms with van der Waals surface area (Å²) in [6, 6.07) is 10.9. The van der Waals surface area contributed by atoms with Crippen LogP contribution in [0.3, 0.4) is 0 Å². The van der Waals surface area contributed by atoms with Gasteiger partial charge in [0.05, 0.1) is 23.1 Å². The van der Waals surface area contributed by atoms with Crippen molar-refractivity contribution in [3.05, 3.63) is 74.6 Å². The van der Waals surface area contributed by atoms with Gasteiger partial charge in [-0.3, -0.25) is 9.59 Å². The summed E-state index contributed by atoms with van der Waals surface area (Å²) in [6.45, 7) is 9.28. The Labute approximate surface area is 194 Å². The first-order valence-corrected chi connectivity index (χ1v) is 11.5. The predicted octanol–water partition coefficient (Wildman–Crippen LogP) is 4.69. The van der Waals surface area contributed by atoms with Crippen LogP contribution in [0.25, 0.3) is 11.0 Å². The van der Waals surface area contributed by atoms with Crippen LogP contribution in [0.4, 0.5) is 0 Å². The minimum Gasteiger partial charge on any atom is -0.491 e. The highest BCUT2D eigenvalue weighted by atomic mass is 16.5. The fraction of sp³-hybridized carbons (Fsp3) is 0.407. The summed E-state index contributed by atoms with van der Waals surface area (Å²) in [7, 11) is 4.02. The Morgan fingerprint density at radius 2 is 1.73 bits per heavy atom. The lowest BCUT2D eigenvalue weighted by atomic mass is 9.97. The number of fused-ring (bicyclic) bond motifs is 2. The van der Waals surface area contributed by atoms with Crippen LogP contribution in [0, 0.1) is 13.8 Å². The summed E-state index contributed by atoms with van der Waals surface area (Å²) < 4.78 is 11.9. The van der Waals surface area contributed by atoms with E-state index in [-0.39, 0.29) is 23.2 Å². The number of rotatable bonds is 7. The molecule has 2 aromatic carbocycles. The summed E-state index contributed by atoms with van der Waals surface area (Å²) in [5.41, 5.74) is 3.68. The molecule has 6 nitrogen and oxygen atoms in total. The number of ether oxygens (including phenoxy) is 1. The molecule has 2 heterocycles. The zero-order valence-corrected chi connectivity index (χ0v) is 20.3. The van der Waals surface area contributed by atoms with Gasteiger partial charge in [-0.2, -0.15) is 0 Å². The molecule has 33 heavy (non-hydrogen) atoms. The molecule has 1 amide bonds. The maximum absolute atomic E-state index is 13.7. The van der Waals surface area contributed by atoms with E-state index in [0.29, 0.717) is 23.1 Å². The summed E-state index contributed by atoms with van der Waals surface area (Å²) in [5.74, 6) is 0.690. The molecule has 1 aromatic heterocycles. The van der Waals surface area contributed by atoms with Crippen LogP contribution in [-0.4, -0.2) is 49.0 Å². The largest absolute Gasteiger partial charge is 0.491 e. The fourth-order valence-electron chi connectivity index (χ4n) is 4.41. The van der Waals surface area contributed by atoms with Crippen LogP contribution in [-0.2, 0) is 0 Å². The van der Waals surface area contributed by atoms with Gasteiger partial charge in [0.2, 0.25) is 5.76 Å². The van der Waals surface area contributed by atoms with E-state index in [1.165, 1.54) is 0 Å². The third-order valence-electron chi connectivity index (χ3n) is 6.15. The third-order valence-corrected chi connectivity index (χ3v) is 6.15. The fourth-order valence-corrected chi connectivity index (χ4v) is 4.41. The molecule has 0 N–H and O–H groups in total. The highest BCUT2D eigenvalue weighted by Crippen LogP contribution is 2.39. The summed E-state index contributed by atoms with van der Waals surface area (Å²) in [6.07, 6.45) is 0.862. The standard InChI is InChI=1S/C27H32N2O4/c1-16(2)32-20-10-8-19(9-11-20)24-23-25(30)21-14-17(3)18(4)15-22(21)33-26(23)27(31)29(24)13-7-12-28(5)6/h8-11,14-16,24H,7,12-13H2,1-6H3/t24-/m1/s1. The number of carbonyl (C=O) groups is 1.